The van der Waals surface area contributed by atoms with Crippen LogP contribution in [0.2, 0.25) is 5.02 Å². The van der Waals surface area contributed by atoms with Crippen LogP contribution < -0.4 is 0 Å². The van der Waals surface area contributed by atoms with Crippen LogP contribution in [0.3, 0.4) is 0 Å². The smallest absolute Gasteiger partial charge is 0.254 e. The summed E-state index contributed by atoms with van der Waals surface area (Å²) in [7, 11) is 0. The van der Waals surface area contributed by atoms with E-state index in [1.807, 2.05) is 0 Å². The number of rotatable bonds is 1. The van der Waals surface area contributed by atoms with Crippen molar-refractivity contribution >= 4 is 39.2 Å². The zero-order valence-corrected chi connectivity index (χ0v) is 11.4. The maximum atomic E-state index is 12.1. The lowest BCUT2D eigenvalue weighted by molar-refractivity contribution is -0.121. The number of benzene rings is 1. The van der Waals surface area contributed by atoms with Gasteiger partial charge in [-0.2, -0.15) is 0 Å². The Morgan fingerprint density at radius 2 is 2.18 bits per heavy atom. The Morgan fingerprint density at radius 1 is 1.41 bits per heavy atom. The molecule has 2 rings (SSSR count). The number of Topliss-reactive ketones (excluding diaryl/α,β-unsaturated/α-hetero) is 1. The number of hydrogen-bond acceptors (Lipinski definition) is 2. The first-order chi connectivity index (χ1) is 8.08. The van der Waals surface area contributed by atoms with E-state index < -0.39 is 0 Å². The minimum Gasteiger partial charge on any atom is -0.331 e. The second-order valence-electron chi connectivity index (χ2n) is 4.00. The van der Waals surface area contributed by atoms with Gasteiger partial charge in [0.1, 0.15) is 0 Å². The highest BCUT2D eigenvalue weighted by molar-refractivity contribution is 9.10. The molecule has 1 heterocycles. The standard InChI is InChI=1S/C12H11BrClNO2/c13-10-6-8(3-4-11(10)14)12(17)15-5-1-2-9(16)7-15/h3-4,6H,1-2,5,7H2. The van der Waals surface area contributed by atoms with Gasteiger partial charge in [0.05, 0.1) is 11.6 Å². The molecule has 5 heteroatoms. The minimum atomic E-state index is -0.115. The molecule has 0 saturated carbocycles. The summed E-state index contributed by atoms with van der Waals surface area (Å²) in [4.78, 5) is 25.0. The van der Waals surface area contributed by atoms with Crippen molar-refractivity contribution in [3.63, 3.8) is 0 Å². The first-order valence-corrected chi connectivity index (χ1v) is 6.51. The van der Waals surface area contributed by atoms with Gasteiger partial charge in [0.2, 0.25) is 0 Å². The molecule has 1 aliphatic heterocycles. The highest BCUT2D eigenvalue weighted by Gasteiger charge is 2.22. The van der Waals surface area contributed by atoms with E-state index in [0.29, 0.717) is 28.0 Å². The highest BCUT2D eigenvalue weighted by atomic mass is 79.9. The molecule has 0 spiro atoms. The van der Waals surface area contributed by atoms with Gasteiger partial charge in [-0.05, 0) is 40.5 Å². The van der Waals surface area contributed by atoms with Gasteiger partial charge < -0.3 is 4.90 Å². The summed E-state index contributed by atoms with van der Waals surface area (Å²) in [5.74, 6) is 0.00745. The predicted octanol–water partition coefficient (Wildman–Crippen LogP) is 2.91. The molecule has 1 aliphatic rings. The van der Waals surface area contributed by atoms with Crippen LogP contribution in [0.1, 0.15) is 23.2 Å². The van der Waals surface area contributed by atoms with Crippen molar-refractivity contribution < 1.29 is 9.59 Å². The average Bonchev–Trinajstić information content (AvgIpc) is 2.32. The van der Waals surface area contributed by atoms with Crippen LogP contribution in [0.5, 0.6) is 0 Å². The van der Waals surface area contributed by atoms with Gasteiger partial charge in [0.15, 0.2) is 5.78 Å². The number of amides is 1. The summed E-state index contributed by atoms with van der Waals surface area (Å²) in [6.45, 7) is 0.865. The third-order valence-corrected chi connectivity index (χ3v) is 3.92. The predicted molar refractivity (Wildman–Crippen MR) is 69.3 cm³/mol. The molecule has 1 saturated heterocycles. The summed E-state index contributed by atoms with van der Waals surface area (Å²) < 4.78 is 0.688. The molecule has 1 aromatic carbocycles. The minimum absolute atomic E-state index is 0.115. The molecule has 0 N–H and O–H groups in total. The number of carbonyl (C=O) groups excluding carboxylic acids is 2. The van der Waals surface area contributed by atoms with Crippen molar-refractivity contribution in [3.05, 3.63) is 33.3 Å². The molecule has 0 atom stereocenters. The average molecular weight is 317 g/mol. The second-order valence-corrected chi connectivity index (χ2v) is 5.26. The Morgan fingerprint density at radius 3 is 2.82 bits per heavy atom. The Labute approximate surface area is 113 Å². The van der Waals surface area contributed by atoms with E-state index in [1.54, 1.807) is 23.1 Å². The van der Waals surface area contributed by atoms with Gasteiger partial charge in [-0.15, -0.1) is 0 Å². The van der Waals surface area contributed by atoms with Gasteiger partial charge in [0, 0.05) is 23.0 Å². The van der Waals surface area contributed by atoms with E-state index >= 15 is 0 Å². The normalized spacial score (nSPS) is 16.1. The first kappa shape index (κ1) is 12.6. The van der Waals surface area contributed by atoms with Crippen LogP contribution >= 0.6 is 27.5 Å². The van der Waals surface area contributed by atoms with E-state index in [-0.39, 0.29) is 18.2 Å². The molecule has 0 aliphatic carbocycles. The Bertz CT molecular complexity index is 476. The molecule has 0 unspecified atom stereocenters. The van der Waals surface area contributed by atoms with E-state index in [9.17, 15) is 9.59 Å². The van der Waals surface area contributed by atoms with E-state index in [1.165, 1.54) is 0 Å². The number of nitrogens with zero attached hydrogens (tertiary/aromatic N) is 1. The Balaban J connectivity index is 2.18. The molecule has 0 radical (unpaired) electrons. The zero-order chi connectivity index (χ0) is 12.4. The van der Waals surface area contributed by atoms with Crippen LogP contribution in [0.4, 0.5) is 0 Å². The fourth-order valence-electron chi connectivity index (χ4n) is 1.82. The van der Waals surface area contributed by atoms with Crippen molar-refractivity contribution in [1.82, 2.24) is 4.90 Å². The molecule has 0 aromatic heterocycles. The molecular formula is C12H11BrClNO2. The van der Waals surface area contributed by atoms with Crippen LogP contribution in [0.15, 0.2) is 22.7 Å². The summed E-state index contributed by atoms with van der Waals surface area (Å²) in [5.41, 5.74) is 0.552. The zero-order valence-electron chi connectivity index (χ0n) is 9.08. The summed E-state index contributed by atoms with van der Waals surface area (Å²) in [6.07, 6.45) is 1.33. The van der Waals surface area contributed by atoms with E-state index in [2.05, 4.69) is 15.9 Å². The molecule has 1 aromatic rings. The number of hydrogen-bond donors (Lipinski definition) is 0. The van der Waals surface area contributed by atoms with Crippen LogP contribution in [0, 0.1) is 0 Å². The number of piperidine rings is 1. The Hall–Kier alpha value is -0.870. The molecule has 0 bridgehead atoms. The lowest BCUT2D eigenvalue weighted by atomic mass is 10.1. The van der Waals surface area contributed by atoms with Crippen molar-refractivity contribution in [2.75, 3.05) is 13.1 Å². The topological polar surface area (TPSA) is 37.4 Å². The van der Waals surface area contributed by atoms with Crippen molar-refractivity contribution in [2.45, 2.75) is 12.8 Å². The largest absolute Gasteiger partial charge is 0.331 e. The molecule has 90 valence electrons. The third kappa shape index (κ3) is 2.87. The van der Waals surface area contributed by atoms with Gasteiger partial charge in [-0.25, -0.2) is 0 Å². The monoisotopic (exact) mass is 315 g/mol. The van der Waals surface area contributed by atoms with Gasteiger partial charge in [0.25, 0.3) is 5.91 Å². The van der Waals surface area contributed by atoms with E-state index in [4.69, 9.17) is 11.6 Å². The van der Waals surface area contributed by atoms with Crippen molar-refractivity contribution in [1.29, 1.82) is 0 Å². The number of halogens is 2. The maximum Gasteiger partial charge on any atom is 0.254 e. The van der Waals surface area contributed by atoms with Crippen LogP contribution in [-0.2, 0) is 4.79 Å². The molecule has 3 nitrogen and oxygen atoms in total. The van der Waals surface area contributed by atoms with Gasteiger partial charge in [-0.3, -0.25) is 9.59 Å². The number of likely N-dealkylation sites (tertiary alicyclic amines) is 1. The summed E-state index contributed by atoms with van der Waals surface area (Å²) in [6, 6.07) is 5.03. The lowest BCUT2D eigenvalue weighted by Crippen LogP contribution is -2.40. The fraction of sp³-hybridized carbons (Fsp3) is 0.333. The number of carbonyl (C=O) groups is 2. The lowest BCUT2D eigenvalue weighted by Gasteiger charge is -2.25. The van der Waals surface area contributed by atoms with Gasteiger partial charge in [-0.1, -0.05) is 11.6 Å². The quantitative estimate of drug-likeness (QED) is 0.799. The number of ketones is 1. The summed E-state index contributed by atoms with van der Waals surface area (Å²) >= 11 is 9.15. The van der Waals surface area contributed by atoms with E-state index in [0.717, 1.165) is 6.42 Å². The first-order valence-electron chi connectivity index (χ1n) is 5.34. The maximum absolute atomic E-state index is 12.1. The molecular weight excluding hydrogens is 305 g/mol. The highest BCUT2D eigenvalue weighted by Crippen LogP contribution is 2.24. The fourth-order valence-corrected chi connectivity index (χ4v) is 2.32. The summed E-state index contributed by atoms with van der Waals surface area (Å²) in [5, 5.41) is 0.566. The van der Waals surface area contributed by atoms with Gasteiger partial charge >= 0.3 is 0 Å². The SMILES string of the molecule is O=C1CCCN(C(=O)c2ccc(Cl)c(Br)c2)C1. The van der Waals surface area contributed by atoms with Crippen molar-refractivity contribution in [2.24, 2.45) is 0 Å². The van der Waals surface area contributed by atoms with Crippen LogP contribution in [0.25, 0.3) is 0 Å². The van der Waals surface area contributed by atoms with Crippen molar-refractivity contribution in [3.8, 4) is 0 Å². The third-order valence-electron chi connectivity index (χ3n) is 2.70. The molecule has 17 heavy (non-hydrogen) atoms. The van der Waals surface area contributed by atoms with Crippen LogP contribution in [-0.4, -0.2) is 29.7 Å². The second kappa shape index (κ2) is 5.19. The Kier molecular flexibility index (Phi) is 3.84. The molecule has 1 amide bonds. The molecule has 1 fully saturated rings.